The van der Waals surface area contributed by atoms with E-state index >= 15 is 0 Å². The molecule has 108 valence electrons. The van der Waals surface area contributed by atoms with Crippen molar-refractivity contribution in [1.29, 1.82) is 0 Å². The summed E-state index contributed by atoms with van der Waals surface area (Å²) in [6, 6.07) is 5.91. The Morgan fingerprint density at radius 3 is 2.42 bits per heavy atom. The lowest BCUT2D eigenvalue weighted by molar-refractivity contribution is 0.0609. The summed E-state index contributed by atoms with van der Waals surface area (Å²) >= 11 is 0. The van der Waals surface area contributed by atoms with Crippen LogP contribution in [0, 0.1) is 0 Å². The highest BCUT2D eigenvalue weighted by Crippen LogP contribution is 2.29. The zero-order chi connectivity index (χ0) is 14.3. The number of likely N-dealkylation sites (N-methyl/N-ethyl adjacent to an activating group) is 1. The molecule has 0 saturated heterocycles. The fourth-order valence-corrected chi connectivity index (χ4v) is 1.91. The van der Waals surface area contributed by atoms with Gasteiger partial charge in [0.15, 0.2) is 0 Å². The van der Waals surface area contributed by atoms with Gasteiger partial charge in [0, 0.05) is 5.56 Å². The van der Waals surface area contributed by atoms with E-state index in [0.29, 0.717) is 6.61 Å². The quantitative estimate of drug-likeness (QED) is 0.786. The summed E-state index contributed by atoms with van der Waals surface area (Å²) in [6.45, 7) is 7.62. The molecule has 1 aromatic rings. The van der Waals surface area contributed by atoms with Gasteiger partial charge in [0.05, 0.1) is 33.0 Å². The molecule has 1 unspecified atom stereocenters. The normalized spacial score (nSPS) is 12.5. The summed E-state index contributed by atoms with van der Waals surface area (Å²) in [5, 5.41) is 3.42. The molecule has 1 aromatic carbocycles. The van der Waals surface area contributed by atoms with Gasteiger partial charge in [-0.15, -0.1) is 0 Å². The third-order valence-corrected chi connectivity index (χ3v) is 2.86. The molecule has 0 amide bonds. The van der Waals surface area contributed by atoms with Crippen LogP contribution in [0.5, 0.6) is 11.5 Å². The van der Waals surface area contributed by atoms with Crippen LogP contribution >= 0.6 is 0 Å². The molecule has 0 saturated carbocycles. The maximum Gasteiger partial charge on any atom is 0.123 e. The molecule has 1 rings (SSSR count). The van der Waals surface area contributed by atoms with E-state index in [-0.39, 0.29) is 12.1 Å². The lowest BCUT2D eigenvalue weighted by atomic mass is 10.1. The lowest BCUT2D eigenvalue weighted by Crippen LogP contribution is -2.27. The molecule has 0 aromatic heterocycles. The molecule has 1 atom stereocenters. The predicted molar refractivity (Wildman–Crippen MR) is 77.1 cm³/mol. The van der Waals surface area contributed by atoms with Gasteiger partial charge < -0.3 is 19.5 Å². The highest BCUT2D eigenvalue weighted by Gasteiger charge is 2.17. The van der Waals surface area contributed by atoms with Crippen LogP contribution in [0.1, 0.15) is 32.4 Å². The van der Waals surface area contributed by atoms with Gasteiger partial charge in [-0.1, -0.05) is 6.92 Å². The standard InChI is InChI=1S/C15H25NO3/c1-6-16-14(10-19-11(2)3)13-9-12(17-4)7-8-15(13)18-5/h7-9,11,14,16H,6,10H2,1-5H3. The highest BCUT2D eigenvalue weighted by molar-refractivity contribution is 5.42. The molecule has 0 aliphatic rings. The van der Waals surface area contributed by atoms with Crippen LogP contribution in [-0.2, 0) is 4.74 Å². The van der Waals surface area contributed by atoms with Crippen molar-refractivity contribution in [2.75, 3.05) is 27.4 Å². The van der Waals surface area contributed by atoms with Crippen LogP contribution in [-0.4, -0.2) is 33.5 Å². The minimum absolute atomic E-state index is 0.0949. The van der Waals surface area contributed by atoms with E-state index in [2.05, 4.69) is 12.2 Å². The predicted octanol–water partition coefficient (Wildman–Crippen LogP) is 2.78. The summed E-state index contributed by atoms with van der Waals surface area (Å²) in [7, 11) is 3.34. The number of benzene rings is 1. The molecular weight excluding hydrogens is 242 g/mol. The molecule has 0 spiro atoms. The van der Waals surface area contributed by atoms with Crippen LogP contribution < -0.4 is 14.8 Å². The number of rotatable bonds is 8. The van der Waals surface area contributed by atoms with E-state index < -0.39 is 0 Å². The molecule has 0 bridgehead atoms. The van der Waals surface area contributed by atoms with E-state index in [0.717, 1.165) is 23.6 Å². The number of hydrogen-bond donors (Lipinski definition) is 1. The Kier molecular flexibility index (Phi) is 6.67. The second-order valence-electron chi connectivity index (χ2n) is 4.60. The Morgan fingerprint density at radius 2 is 1.89 bits per heavy atom. The van der Waals surface area contributed by atoms with Crippen molar-refractivity contribution in [3.8, 4) is 11.5 Å². The van der Waals surface area contributed by atoms with Gasteiger partial charge in [-0.2, -0.15) is 0 Å². The maximum absolute atomic E-state index is 5.73. The zero-order valence-corrected chi connectivity index (χ0v) is 12.5. The Bertz CT molecular complexity index is 380. The van der Waals surface area contributed by atoms with Gasteiger partial charge in [-0.05, 0) is 38.6 Å². The van der Waals surface area contributed by atoms with Crippen molar-refractivity contribution in [2.24, 2.45) is 0 Å². The van der Waals surface area contributed by atoms with E-state index in [9.17, 15) is 0 Å². The average Bonchev–Trinajstić information content (AvgIpc) is 2.42. The summed E-state index contributed by atoms with van der Waals surface area (Å²) in [6.07, 6.45) is 0.206. The van der Waals surface area contributed by atoms with Crippen LogP contribution in [0.4, 0.5) is 0 Å². The van der Waals surface area contributed by atoms with Crippen LogP contribution in [0.2, 0.25) is 0 Å². The van der Waals surface area contributed by atoms with Gasteiger partial charge in [0.2, 0.25) is 0 Å². The molecule has 0 fully saturated rings. The highest BCUT2D eigenvalue weighted by atomic mass is 16.5. The fraction of sp³-hybridized carbons (Fsp3) is 0.600. The first kappa shape index (κ1) is 15.8. The molecule has 0 heterocycles. The monoisotopic (exact) mass is 267 g/mol. The van der Waals surface area contributed by atoms with Crippen molar-refractivity contribution < 1.29 is 14.2 Å². The summed E-state index contributed by atoms with van der Waals surface area (Å²) in [5.41, 5.74) is 1.06. The van der Waals surface area contributed by atoms with Gasteiger partial charge in [0.1, 0.15) is 11.5 Å². The number of ether oxygens (including phenoxy) is 3. The maximum atomic E-state index is 5.73. The van der Waals surface area contributed by atoms with Gasteiger partial charge in [-0.3, -0.25) is 0 Å². The third kappa shape index (κ3) is 4.73. The van der Waals surface area contributed by atoms with E-state index in [1.165, 1.54) is 0 Å². The largest absolute Gasteiger partial charge is 0.497 e. The van der Waals surface area contributed by atoms with Crippen molar-refractivity contribution in [2.45, 2.75) is 32.9 Å². The molecular formula is C15H25NO3. The molecule has 19 heavy (non-hydrogen) atoms. The number of hydrogen-bond acceptors (Lipinski definition) is 4. The molecule has 1 N–H and O–H groups in total. The number of nitrogens with one attached hydrogen (secondary N) is 1. The third-order valence-electron chi connectivity index (χ3n) is 2.86. The van der Waals surface area contributed by atoms with Crippen LogP contribution in [0.25, 0.3) is 0 Å². The minimum atomic E-state index is 0.0949. The molecule has 4 heteroatoms. The average molecular weight is 267 g/mol. The van der Waals surface area contributed by atoms with Gasteiger partial charge in [0.25, 0.3) is 0 Å². The second-order valence-corrected chi connectivity index (χ2v) is 4.60. The Morgan fingerprint density at radius 1 is 1.16 bits per heavy atom. The first-order valence-electron chi connectivity index (χ1n) is 6.69. The first-order valence-corrected chi connectivity index (χ1v) is 6.69. The van der Waals surface area contributed by atoms with Crippen molar-refractivity contribution in [1.82, 2.24) is 5.32 Å². The summed E-state index contributed by atoms with van der Waals surface area (Å²) in [4.78, 5) is 0. The Hall–Kier alpha value is -1.26. The summed E-state index contributed by atoms with van der Waals surface area (Å²) in [5.74, 6) is 1.67. The zero-order valence-electron chi connectivity index (χ0n) is 12.5. The Labute approximate surface area is 116 Å². The summed E-state index contributed by atoms with van der Waals surface area (Å²) < 4.78 is 16.4. The van der Waals surface area contributed by atoms with Crippen molar-refractivity contribution in [3.63, 3.8) is 0 Å². The van der Waals surface area contributed by atoms with Crippen molar-refractivity contribution >= 4 is 0 Å². The van der Waals surface area contributed by atoms with E-state index in [1.807, 2.05) is 32.0 Å². The Balaban J connectivity index is 2.97. The van der Waals surface area contributed by atoms with Crippen LogP contribution in [0.3, 0.4) is 0 Å². The molecule has 0 radical (unpaired) electrons. The van der Waals surface area contributed by atoms with E-state index in [4.69, 9.17) is 14.2 Å². The SMILES string of the molecule is CCNC(COC(C)C)c1cc(OC)ccc1OC. The van der Waals surface area contributed by atoms with Gasteiger partial charge >= 0.3 is 0 Å². The van der Waals surface area contributed by atoms with Gasteiger partial charge in [-0.25, -0.2) is 0 Å². The molecule has 4 nitrogen and oxygen atoms in total. The fourth-order valence-electron chi connectivity index (χ4n) is 1.91. The second kappa shape index (κ2) is 8.02. The number of methoxy groups -OCH3 is 2. The van der Waals surface area contributed by atoms with Crippen molar-refractivity contribution in [3.05, 3.63) is 23.8 Å². The van der Waals surface area contributed by atoms with Crippen LogP contribution in [0.15, 0.2) is 18.2 Å². The lowest BCUT2D eigenvalue weighted by Gasteiger charge is -2.22. The molecule has 0 aliphatic carbocycles. The topological polar surface area (TPSA) is 39.7 Å². The smallest absolute Gasteiger partial charge is 0.123 e. The minimum Gasteiger partial charge on any atom is -0.497 e. The molecule has 0 aliphatic heterocycles. The first-order chi connectivity index (χ1) is 9.12. The van der Waals surface area contributed by atoms with E-state index in [1.54, 1.807) is 14.2 Å².